The molecule has 1 aliphatic carbocycles. The summed E-state index contributed by atoms with van der Waals surface area (Å²) >= 11 is 0. The van der Waals surface area contributed by atoms with Crippen molar-refractivity contribution in [2.75, 3.05) is 104 Å². The number of urea groups is 1. The molecule has 780 valence electrons. The van der Waals surface area contributed by atoms with Crippen molar-refractivity contribution in [3.05, 3.63) is 351 Å². The number of pyridine rings is 1. The predicted octanol–water partition coefficient (Wildman–Crippen LogP) is 20.6. The smallest absolute Gasteiger partial charge is 0.454 e. The molecule has 6 N–H and O–H groups in total. The van der Waals surface area contributed by atoms with Crippen LogP contribution in [0.4, 0.5) is 65.3 Å². The first-order valence-corrected chi connectivity index (χ1v) is 53.5. The number of amides is 2. The fraction of sp³-hybridized carbons (Fsp3) is 0.159. The van der Waals surface area contributed by atoms with Gasteiger partial charge in [-0.05, 0) is 239 Å². The van der Waals surface area contributed by atoms with Gasteiger partial charge < -0.3 is 67.1 Å². The number of fused-ring (bicyclic) bond motifs is 6. The number of benzene rings is 12. The minimum atomic E-state index is -3.93. The molecule has 1 aromatic heterocycles. The number of sulfonamides is 3. The monoisotopic (exact) mass is 2150 g/mol. The molecule has 0 saturated heterocycles. The van der Waals surface area contributed by atoms with Crippen molar-refractivity contribution in [3.63, 3.8) is 0 Å². The van der Waals surface area contributed by atoms with Crippen molar-refractivity contribution < 1.29 is 134 Å². The molecule has 13 aromatic rings. The molecule has 0 atom stereocenters. The molecule has 2 amide bonds. The highest BCUT2D eigenvalue weighted by molar-refractivity contribution is 7.93. The van der Waals surface area contributed by atoms with Crippen molar-refractivity contribution in [3.8, 4) is 69.0 Å². The van der Waals surface area contributed by atoms with E-state index in [1.165, 1.54) is 118 Å². The second kappa shape index (κ2) is 47.9. The van der Waals surface area contributed by atoms with E-state index in [9.17, 15) is 73.2 Å². The lowest BCUT2D eigenvalue weighted by molar-refractivity contribution is -0.510. The number of carbonyl (C=O) groups excluding carboxylic acids is 1. The van der Waals surface area contributed by atoms with Crippen LogP contribution in [0.5, 0.6) is 69.0 Å². The second-order valence-electron chi connectivity index (χ2n) is 34.1. The Kier molecular flexibility index (Phi) is 34.4. The summed E-state index contributed by atoms with van der Waals surface area (Å²) in [5.41, 5.74) is 8.81. The Morgan fingerprint density at radius 1 is 0.307 bits per heavy atom. The van der Waals surface area contributed by atoms with Gasteiger partial charge in [0.25, 0.3) is 0 Å². The molecular formula is C107H98F6N9O23S5+. The summed E-state index contributed by atoms with van der Waals surface area (Å²) in [5, 5.41) is 1.46. The molecule has 0 spiro atoms. The van der Waals surface area contributed by atoms with Crippen molar-refractivity contribution in [2.24, 2.45) is 0 Å². The number of nitrogens with zero attached hydrogens (tertiary/aromatic N) is 3. The van der Waals surface area contributed by atoms with E-state index in [2.05, 4.69) is 28.9 Å². The predicted molar refractivity (Wildman–Crippen MR) is 563 cm³/mol. The van der Waals surface area contributed by atoms with E-state index in [-0.39, 0.29) is 80.9 Å². The quantitative estimate of drug-likeness (QED) is 0.0158. The molecule has 1 saturated carbocycles. The van der Waals surface area contributed by atoms with E-state index in [1.54, 1.807) is 123 Å². The van der Waals surface area contributed by atoms with Crippen LogP contribution in [0.2, 0.25) is 0 Å². The van der Waals surface area contributed by atoms with Crippen LogP contribution in [0, 0.1) is 34.9 Å². The third-order valence-electron chi connectivity index (χ3n) is 22.1. The number of rotatable bonds is 27. The van der Waals surface area contributed by atoms with E-state index in [0.29, 0.717) is 109 Å². The Morgan fingerprint density at radius 3 is 0.787 bits per heavy atom. The average molecular weight is 2150 g/mol. The normalized spacial score (nSPS) is 13.8. The molecule has 0 bridgehead atoms. The molecule has 20 rings (SSSR count). The van der Waals surface area contributed by atoms with Gasteiger partial charge in [0.1, 0.15) is 34.9 Å². The summed E-state index contributed by atoms with van der Waals surface area (Å²) < 4.78 is 279. The lowest BCUT2D eigenvalue weighted by atomic mass is 10.1. The minimum Gasteiger partial charge on any atom is -0.454 e. The Labute approximate surface area is 862 Å². The Hall–Kier alpha value is -16.6. The highest BCUT2D eigenvalue weighted by atomic mass is 32.2. The van der Waals surface area contributed by atoms with Crippen LogP contribution < -0.4 is 89.7 Å². The van der Waals surface area contributed by atoms with Gasteiger partial charge in [-0.2, -0.15) is 12.7 Å². The van der Waals surface area contributed by atoms with Crippen LogP contribution in [0.15, 0.2) is 249 Å². The molecule has 150 heavy (non-hydrogen) atoms. The van der Waals surface area contributed by atoms with E-state index < -0.39 is 95.9 Å². The maximum absolute atomic E-state index is 14.4. The molecule has 12 aromatic carbocycles. The standard InChI is InChI=1S/C20H16FN2O4S.C18H17FN2O3.C18H16FNO4S.C18H18FNO4S.C17H17FN2O4S.C16H14FNO4S/c21-17-12-15(4-5-16-7-9-19-20(13-16)27-14-26-19)6-8-18(17)22-28(24,25)23-10-2-1-3-11-23;1-21(2)18(22)20-15-7-5-12(9-14(15)19)3-4-13-6-8-16-17(10-13)24-11-23-16;19-15-9-12(3-7-16(15)20-25(21,22)14-5-6-14)1-2-13-4-8-17-18(10-13)24-11-23-17;1-12(2)25(21,22)20-16-7-5-13(9-15(16)19)3-4-14-6-8-17-18(10-14)24-11-23-17;1-20(2)25(21,22)19-15-7-5-12(9-14(15)18)3-4-13-6-8-16-17(10-13)24-11-23-16;1-23(19,20)18-14-6-4-11(8-13(14)17)2-3-12-5-7-15-16(9-12)22-10-21-15/h1-13,22H,14H2;3-10H,11H2,1-2H3,(H,20,22);1-4,7-10,14,20H,5-6,11H2;3-10,12,20H,11H2,1-2H3;3-10,19H,11H2,1-2H3;2-9,18H,10H2,1H3/q+1;;;;;/b5-4+;4-3+;2-1+;2*4-3+;3-2+. The summed E-state index contributed by atoms with van der Waals surface area (Å²) in [4.78, 5) is 12.9. The third-order valence-corrected chi connectivity index (χ3v) is 29.0. The fourth-order valence-electron chi connectivity index (χ4n) is 13.9. The Balaban J connectivity index is 0.000000135. The van der Waals surface area contributed by atoms with E-state index in [0.717, 1.165) is 53.7 Å². The van der Waals surface area contributed by atoms with Crippen molar-refractivity contribution in [1.29, 1.82) is 0 Å². The number of halogens is 6. The number of nitrogens with one attached hydrogen (secondary N) is 6. The molecule has 6 aliphatic heterocycles. The maximum atomic E-state index is 14.4. The number of anilines is 6. The van der Waals surface area contributed by atoms with Crippen molar-refractivity contribution in [2.45, 2.75) is 37.2 Å². The van der Waals surface area contributed by atoms with Gasteiger partial charge in [-0.25, -0.2) is 61.1 Å². The SMILES string of the molecule is CC(C)S(=O)(=O)Nc1ccc(/C=C/c2ccc3c(c2)OCO3)cc1F.CN(C)C(=O)Nc1ccc(/C=C/c2ccc3c(c2)OCO3)cc1F.CN(C)S(=O)(=O)Nc1ccc(/C=C/c2ccc3c(c2)OCO3)cc1F.CS(=O)(=O)Nc1ccc(/C=C/c2ccc3c(c2)OCO3)cc1F.O=S(=O)(Nc1ccc(/C=C/c2ccc3c(c2)OCO3)cc1F)C1CC1.O=S(=O)(Nc1ccc(/C=C/c2ccc3c(c2)OCO3)cc1F)[n+]1ccccc1. The molecule has 43 heteroatoms. The maximum Gasteiger partial charge on any atom is 0.470 e. The van der Waals surface area contributed by atoms with Crippen LogP contribution >= 0.6 is 0 Å². The summed E-state index contributed by atoms with van der Waals surface area (Å²) in [7, 11) is -12.3. The molecular weight excluding hydrogens is 2050 g/mol. The molecule has 1 fully saturated rings. The van der Waals surface area contributed by atoms with E-state index in [4.69, 9.17) is 56.8 Å². The van der Waals surface area contributed by atoms with Crippen molar-refractivity contribution >= 4 is 164 Å². The largest absolute Gasteiger partial charge is 0.470 e. The average Bonchev–Trinajstić information content (AvgIpc) is 1.65. The zero-order valence-electron chi connectivity index (χ0n) is 81.0. The highest BCUT2D eigenvalue weighted by Gasteiger charge is 2.36. The fourth-order valence-corrected chi connectivity index (χ4v) is 18.2. The van der Waals surface area contributed by atoms with Gasteiger partial charge in [0, 0.05) is 40.3 Å². The van der Waals surface area contributed by atoms with Gasteiger partial charge in [-0.1, -0.05) is 156 Å². The second-order valence-corrected chi connectivity index (χ2v) is 43.5. The van der Waals surface area contributed by atoms with Crippen LogP contribution in [0.3, 0.4) is 0 Å². The summed E-state index contributed by atoms with van der Waals surface area (Å²) in [6, 6.07) is 63.8. The topological polar surface area (TPSA) is 381 Å². The molecule has 7 aliphatic rings. The first kappa shape index (κ1) is 108. The Morgan fingerprint density at radius 2 is 0.540 bits per heavy atom. The third kappa shape index (κ3) is 29.9. The van der Waals surface area contributed by atoms with Gasteiger partial charge in [-0.15, -0.1) is 8.42 Å². The van der Waals surface area contributed by atoms with E-state index >= 15 is 0 Å². The van der Waals surface area contributed by atoms with Gasteiger partial charge in [-0.3, -0.25) is 18.9 Å². The van der Waals surface area contributed by atoms with Gasteiger partial charge >= 0.3 is 26.4 Å². The van der Waals surface area contributed by atoms with Crippen LogP contribution in [-0.2, 0) is 50.5 Å². The molecule has 0 unspecified atom stereocenters. The number of hydrogen-bond acceptors (Lipinski definition) is 23. The number of hydrogen-bond donors (Lipinski definition) is 6. The molecule has 32 nitrogen and oxygen atoms in total. The molecule has 0 radical (unpaired) electrons. The number of aromatic nitrogens is 1. The summed E-state index contributed by atoms with van der Waals surface area (Å²) in [5.74, 6) is 4.59. The Bertz CT molecular complexity index is 7670. The van der Waals surface area contributed by atoms with Gasteiger partial charge in [0.05, 0.1) is 50.9 Å². The van der Waals surface area contributed by atoms with Gasteiger partial charge in [0.2, 0.25) is 70.8 Å². The lowest BCUT2D eigenvalue weighted by Gasteiger charge is -2.14. The first-order chi connectivity index (χ1) is 71.6. The molecule has 7 heterocycles. The highest BCUT2D eigenvalue weighted by Crippen LogP contribution is 2.41. The van der Waals surface area contributed by atoms with Gasteiger partial charge in [0.15, 0.2) is 81.4 Å². The first-order valence-electron chi connectivity index (χ1n) is 45.6. The van der Waals surface area contributed by atoms with Crippen molar-refractivity contribution in [1.82, 2.24) is 9.21 Å². The summed E-state index contributed by atoms with van der Waals surface area (Å²) in [6.45, 7) is 4.33. The zero-order chi connectivity index (χ0) is 107. The summed E-state index contributed by atoms with van der Waals surface area (Å²) in [6.07, 6.45) is 26.3. The van der Waals surface area contributed by atoms with Crippen LogP contribution in [0.25, 0.3) is 72.9 Å². The van der Waals surface area contributed by atoms with E-state index in [1.807, 2.05) is 127 Å². The van der Waals surface area contributed by atoms with Crippen LogP contribution in [-0.4, -0.2) is 143 Å². The van der Waals surface area contributed by atoms with Crippen LogP contribution in [0.1, 0.15) is 93.5 Å². The number of ether oxygens (including phenoxy) is 12. The lowest BCUT2D eigenvalue weighted by Crippen LogP contribution is -2.46. The zero-order valence-corrected chi connectivity index (χ0v) is 85.0. The minimum absolute atomic E-state index is 0.0212. The number of carbonyl (C=O) groups is 1.